The lowest BCUT2D eigenvalue weighted by Crippen LogP contribution is -2.26. The van der Waals surface area contributed by atoms with Crippen LogP contribution in [0.3, 0.4) is 0 Å². The molecule has 0 amide bonds. The molecule has 13 heavy (non-hydrogen) atoms. The maximum atomic E-state index is 9.28. The molecule has 0 radical (unpaired) electrons. The van der Waals surface area contributed by atoms with Crippen LogP contribution >= 0.6 is 0 Å². The summed E-state index contributed by atoms with van der Waals surface area (Å²) < 4.78 is 1.32. The lowest BCUT2D eigenvalue weighted by Gasteiger charge is -2.18. The molecule has 1 aromatic rings. The summed E-state index contributed by atoms with van der Waals surface area (Å²) >= 11 is 0. The smallest absolute Gasteiger partial charge is 0.145 e. The van der Waals surface area contributed by atoms with Crippen LogP contribution in [0.15, 0.2) is 6.20 Å². The Kier molecular flexibility index (Phi) is 2.74. The Morgan fingerprint density at radius 3 is 2.54 bits per heavy atom. The van der Waals surface area contributed by atoms with Crippen LogP contribution in [0.1, 0.15) is 13.0 Å². The second kappa shape index (κ2) is 3.63. The Morgan fingerprint density at radius 1 is 1.62 bits per heavy atom. The highest BCUT2D eigenvalue weighted by molar-refractivity contribution is 5.57. The van der Waals surface area contributed by atoms with Crippen molar-refractivity contribution in [2.75, 3.05) is 18.1 Å². The van der Waals surface area contributed by atoms with Crippen LogP contribution in [0, 0.1) is 0 Å². The van der Waals surface area contributed by atoms with Crippen LogP contribution in [-0.4, -0.2) is 32.7 Å². The number of aliphatic hydroxyl groups is 2. The Labute approximate surface area is 75.8 Å². The van der Waals surface area contributed by atoms with Gasteiger partial charge in [0.05, 0.1) is 24.6 Å². The summed E-state index contributed by atoms with van der Waals surface area (Å²) in [6.45, 7) is 1.32. The van der Waals surface area contributed by atoms with Crippen molar-refractivity contribution in [2.45, 2.75) is 19.1 Å². The van der Waals surface area contributed by atoms with Crippen LogP contribution in [0.25, 0.3) is 0 Å². The first-order valence-electron chi connectivity index (χ1n) is 3.95. The van der Waals surface area contributed by atoms with Gasteiger partial charge in [0.2, 0.25) is 0 Å². The topological polar surface area (TPSA) is 110 Å². The minimum Gasteiger partial charge on any atom is -0.394 e. The summed E-state index contributed by atoms with van der Waals surface area (Å²) in [4.78, 5) is 0. The van der Waals surface area contributed by atoms with Gasteiger partial charge in [-0.2, -0.15) is 5.10 Å². The zero-order valence-corrected chi connectivity index (χ0v) is 7.38. The van der Waals surface area contributed by atoms with Crippen LogP contribution in [0.4, 0.5) is 11.5 Å². The Balaban J connectivity index is 2.98. The molecule has 1 aromatic heterocycles. The normalized spacial score (nSPS) is 15.6. The fourth-order valence-electron chi connectivity index (χ4n) is 1.08. The number of hydrogen-bond acceptors (Lipinski definition) is 5. The zero-order valence-electron chi connectivity index (χ0n) is 7.38. The van der Waals surface area contributed by atoms with Gasteiger partial charge < -0.3 is 21.7 Å². The molecule has 0 aliphatic rings. The van der Waals surface area contributed by atoms with E-state index in [1.54, 1.807) is 6.92 Å². The highest BCUT2D eigenvalue weighted by Gasteiger charge is 2.19. The molecule has 0 bridgehead atoms. The molecule has 0 aliphatic carbocycles. The molecule has 1 heterocycles. The van der Waals surface area contributed by atoms with Gasteiger partial charge in [-0.15, -0.1) is 0 Å². The molecule has 2 unspecified atom stereocenters. The van der Waals surface area contributed by atoms with Gasteiger partial charge >= 0.3 is 0 Å². The molecule has 6 nitrogen and oxygen atoms in total. The zero-order chi connectivity index (χ0) is 10.0. The number of nitrogen functional groups attached to an aromatic ring is 2. The van der Waals surface area contributed by atoms with Crippen LogP contribution < -0.4 is 11.5 Å². The van der Waals surface area contributed by atoms with E-state index >= 15 is 0 Å². The first-order chi connectivity index (χ1) is 6.07. The third-order valence-corrected chi connectivity index (χ3v) is 1.92. The highest BCUT2D eigenvalue weighted by Crippen LogP contribution is 2.20. The van der Waals surface area contributed by atoms with Gasteiger partial charge in [-0.1, -0.05) is 0 Å². The fraction of sp³-hybridized carbons (Fsp3) is 0.571. The second-order valence-corrected chi connectivity index (χ2v) is 2.92. The average molecular weight is 186 g/mol. The van der Waals surface area contributed by atoms with E-state index in [2.05, 4.69) is 5.10 Å². The SMILES string of the molecule is CC(O)C(CO)n1ncc(N)c1N. The minimum absolute atomic E-state index is 0.233. The van der Waals surface area contributed by atoms with Crippen molar-refractivity contribution in [1.29, 1.82) is 0 Å². The van der Waals surface area contributed by atoms with E-state index in [0.29, 0.717) is 5.69 Å². The summed E-state index contributed by atoms with van der Waals surface area (Å²) in [5.74, 6) is 0.264. The molecule has 2 atom stereocenters. The van der Waals surface area contributed by atoms with Crippen LogP contribution in [0.2, 0.25) is 0 Å². The number of aliphatic hydroxyl groups excluding tert-OH is 2. The van der Waals surface area contributed by atoms with E-state index in [9.17, 15) is 5.11 Å². The molecule has 0 spiro atoms. The molecule has 0 saturated carbocycles. The van der Waals surface area contributed by atoms with Gasteiger partial charge in [0.15, 0.2) is 0 Å². The summed E-state index contributed by atoms with van der Waals surface area (Å²) in [6, 6.07) is -0.544. The lowest BCUT2D eigenvalue weighted by atomic mass is 10.2. The number of anilines is 2. The number of aromatic nitrogens is 2. The van der Waals surface area contributed by atoms with Crippen molar-refractivity contribution in [2.24, 2.45) is 0 Å². The molecule has 6 heteroatoms. The number of hydrogen-bond donors (Lipinski definition) is 4. The van der Waals surface area contributed by atoms with E-state index in [4.69, 9.17) is 16.6 Å². The number of nitrogens with two attached hydrogens (primary N) is 2. The van der Waals surface area contributed by atoms with Gasteiger partial charge in [0.25, 0.3) is 0 Å². The summed E-state index contributed by atoms with van der Waals surface area (Å²) in [5, 5.41) is 22.1. The van der Waals surface area contributed by atoms with E-state index in [-0.39, 0.29) is 12.4 Å². The number of rotatable bonds is 3. The molecule has 6 N–H and O–H groups in total. The molecule has 1 rings (SSSR count). The maximum absolute atomic E-state index is 9.28. The summed E-state index contributed by atoms with van der Waals surface area (Å²) in [7, 11) is 0. The Bertz CT molecular complexity index is 284. The first kappa shape index (κ1) is 9.82. The van der Waals surface area contributed by atoms with Crippen LogP contribution in [0.5, 0.6) is 0 Å². The van der Waals surface area contributed by atoms with E-state index < -0.39 is 12.1 Å². The van der Waals surface area contributed by atoms with Crippen molar-refractivity contribution in [1.82, 2.24) is 9.78 Å². The molecule has 0 saturated heterocycles. The predicted molar refractivity (Wildman–Crippen MR) is 48.9 cm³/mol. The quantitative estimate of drug-likeness (QED) is 0.482. The van der Waals surface area contributed by atoms with Crippen molar-refractivity contribution in [3.8, 4) is 0 Å². The van der Waals surface area contributed by atoms with Crippen molar-refractivity contribution in [3.05, 3.63) is 6.20 Å². The van der Waals surface area contributed by atoms with Gasteiger partial charge in [0, 0.05) is 0 Å². The predicted octanol–water partition coefficient (Wildman–Crippen LogP) is -1.04. The monoisotopic (exact) mass is 186 g/mol. The number of nitrogens with zero attached hydrogens (tertiary/aromatic N) is 2. The lowest BCUT2D eigenvalue weighted by molar-refractivity contribution is 0.0812. The molecule has 0 fully saturated rings. The van der Waals surface area contributed by atoms with Crippen molar-refractivity contribution in [3.63, 3.8) is 0 Å². The first-order valence-corrected chi connectivity index (χ1v) is 3.95. The van der Waals surface area contributed by atoms with Crippen molar-refractivity contribution >= 4 is 11.5 Å². The van der Waals surface area contributed by atoms with E-state index in [1.807, 2.05) is 0 Å². The third kappa shape index (κ3) is 1.73. The highest BCUT2D eigenvalue weighted by atomic mass is 16.3. The van der Waals surface area contributed by atoms with Crippen LogP contribution in [-0.2, 0) is 0 Å². The van der Waals surface area contributed by atoms with Crippen molar-refractivity contribution < 1.29 is 10.2 Å². The van der Waals surface area contributed by atoms with Gasteiger partial charge in [-0.3, -0.25) is 0 Å². The van der Waals surface area contributed by atoms with Gasteiger partial charge in [-0.05, 0) is 6.92 Å². The molecule has 0 aliphatic heterocycles. The molecule has 74 valence electrons. The maximum Gasteiger partial charge on any atom is 0.145 e. The fourth-order valence-corrected chi connectivity index (χ4v) is 1.08. The van der Waals surface area contributed by atoms with E-state index in [0.717, 1.165) is 0 Å². The van der Waals surface area contributed by atoms with Gasteiger partial charge in [-0.25, -0.2) is 4.68 Å². The average Bonchev–Trinajstić information content (AvgIpc) is 2.37. The minimum atomic E-state index is -0.730. The molecular weight excluding hydrogens is 172 g/mol. The largest absolute Gasteiger partial charge is 0.394 e. The standard InChI is InChI=1S/C7H14N4O2/c1-4(13)6(3-12)11-7(9)5(8)2-10-11/h2,4,6,12-13H,3,8-9H2,1H3. The van der Waals surface area contributed by atoms with E-state index in [1.165, 1.54) is 10.9 Å². The second-order valence-electron chi connectivity index (χ2n) is 2.92. The third-order valence-electron chi connectivity index (χ3n) is 1.92. The summed E-state index contributed by atoms with van der Waals surface area (Å²) in [6.07, 6.45) is 0.659. The summed E-state index contributed by atoms with van der Waals surface area (Å²) in [5.41, 5.74) is 11.4. The Morgan fingerprint density at radius 2 is 2.23 bits per heavy atom. The van der Waals surface area contributed by atoms with Gasteiger partial charge in [0.1, 0.15) is 11.9 Å². The molecule has 0 aromatic carbocycles. The molecular formula is C7H14N4O2. The Hall–Kier alpha value is -1.27.